The van der Waals surface area contributed by atoms with Gasteiger partial charge in [-0.2, -0.15) is 0 Å². The number of ether oxygens (including phenoxy) is 1. The first-order valence-corrected chi connectivity index (χ1v) is 4.68. The molecule has 2 N–H and O–H groups in total. The minimum atomic E-state index is -0.481. The third-order valence-corrected chi connectivity index (χ3v) is 2.39. The van der Waals surface area contributed by atoms with Crippen LogP contribution < -0.4 is 10.1 Å². The Hall–Kier alpha value is -1.06. The van der Waals surface area contributed by atoms with Gasteiger partial charge in [0.05, 0.1) is 13.2 Å². The van der Waals surface area contributed by atoms with Gasteiger partial charge in [0.1, 0.15) is 5.75 Å². The highest BCUT2D eigenvalue weighted by Gasteiger charge is 2.13. The zero-order valence-corrected chi connectivity index (χ0v) is 8.82. The maximum absolute atomic E-state index is 9.85. The van der Waals surface area contributed by atoms with E-state index in [0.717, 1.165) is 11.3 Å². The first kappa shape index (κ1) is 11.0. The molecule has 0 aliphatic carbocycles. The number of nitrogens with one attached hydrogen (secondary N) is 1. The highest BCUT2D eigenvalue weighted by Crippen LogP contribution is 2.19. The van der Waals surface area contributed by atoms with Crippen molar-refractivity contribution in [1.82, 2.24) is 5.32 Å². The van der Waals surface area contributed by atoms with Crippen LogP contribution in [0.1, 0.15) is 18.6 Å². The second-order valence-electron chi connectivity index (χ2n) is 3.30. The molecule has 0 saturated heterocycles. The molecule has 1 aromatic carbocycles. The van der Waals surface area contributed by atoms with Gasteiger partial charge >= 0.3 is 0 Å². The number of hydrogen-bond acceptors (Lipinski definition) is 3. The van der Waals surface area contributed by atoms with Crippen molar-refractivity contribution in [3.05, 3.63) is 29.8 Å². The summed E-state index contributed by atoms with van der Waals surface area (Å²) >= 11 is 0. The molecule has 0 spiro atoms. The van der Waals surface area contributed by atoms with Crippen molar-refractivity contribution < 1.29 is 9.84 Å². The number of methoxy groups -OCH3 is 1. The Morgan fingerprint density at radius 3 is 2.29 bits per heavy atom. The molecule has 78 valence electrons. The van der Waals surface area contributed by atoms with Crippen molar-refractivity contribution in [2.75, 3.05) is 14.2 Å². The molecule has 0 fully saturated rings. The average molecular weight is 195 g/mol. The summed E-state index contributed by atoms with van der Waals surface area (Å²) in [4.78, 5) is 0. The molecule has 3 heteroatoms. The maximum Gasteiger partial charge on any atom is 0.118 e. The van der Waals surface area contributed by atoms with Crippen LogP contribution in [-0.4, -0.2) is 25.3 Å². The van der Waals surface area contributed by atoms with Crippen molar-refractivity contribution in [1.29, 1.82) is 0 Å². The fraction of sp³-hybridized carbons (Fsp3) is 0.455. The zero-order chi connectivity index (χ0) is 10.6. The van der Waals surface area contributed by atoms with Crippen LogP contribution in [-0.2, 0) is 0 Å². The van der Waals surface area contributed by atoms with Gasteiger partial charge in [0, 0.05) is 6.04 Å². The van der Waals surface area contributed by atoms with Crippen molar-refractivity contribution in [2.45, 2.75) is 19.1 Å². The topological polar surface area (TPSA) is 41.5 Å². The molecular weight excluding hydrogens is 178 g/mol. The predicted octanol–water partition coefficient (Wildman–Crippen LogP) is 1.34. The lowest BCUT2D eigenvalue weighted by Crippen LogP contribution is -2.28. The molecule has 2 atom stereocenters. The van der Waals surface area contributed by atoms with Gasteiger partial charge in [-0.15, -0.1) is 0 Å². The van der Waals surface area contributed by atoms with Crippen molar-refractivity contribution >= 4 is 0 Å². The van der Waals surface area contributed by atoms with Crippen molar-refractivity contribution in [2.24, 2.45) is 0 Å². The van der Waals surface area contributed by atoms with Crippen molar-refractivity contribution in [3.63, 3.8) is 0 Å². The van der Waals surface area contributed by atoms with Gasteiger partial charge < -0.3 is 15.2 Å². The summed E-state index contributed by atoms with van der Waals surface area (Å²) in [5.74, 6) is 0.804. The number of rotatable bonds is 4. The maximum atomic E-state index is 9.85. The SMILES string of the molecule is CN[C@H](C)[C@@H](O)c1ccc(OC)cc1. The van der Waals surface area contributed by atoms with Crippen LogP contribution in [0.4, 0.5) is 0 Å². The molecule has 0 unspecified atom stereocenters. The lowest BCUT2D eigenvalue weighted by molar-refractivity contribution is 0.140. The molecule has 0 heterocycles. The Morgan fingerprint density at radius 1 is 1.29 bits per heavy atom. The summed E-state index contributed by atoms with van der Waals surface area (Å²) in [6, 6.07) is 7.49. The van der Waals surface area contributed by atoms with E-state index in [9.17, 15) is 5.11 Å². The van der Waals surface area contributed by atoms with E-state index in [1.165, 1.54) is 0 Å². The Kier molecular flexibility index (Phi) is 3.92. The van der Waals surface area contributed by atoms with Gasteiger partial charge in [-0.05, 0) is 31.7 Å². The zero-order valence-electron chi connectivity index (χ0n) is 8.82. The predicted molar refractivity (Wildman–Crippen MR) is 56.5 cm³/mol. The molecule has 0 amide bonds. The van der Waals surface area contributed by atoms with E-state index in [0.29, 0.717) is 0 Å². The monoisotopic (exact) mass is 195 g/mol. The van der Waals surface area contributed by atoms with E-state index in [-0.39, 0.29) is 6.04 Å². The highest BCUT2D eigenvalue weighted by atomic mass is 16.5. The van der Waals surface area contributed by atoms with Crippen LogP contribution in [0.2, 0.25) is 0 Å². The second kappa shape index (κ2) is 4.98. The summed E-state index contributed by atoms with van der Waals surface area (Å²) in [6.07, 6.45) is -0.481. The third-order valence-electron chi connectivity index (χ3n) is 2.39. The van der Waals surface area contributed by atoms with E-state index in [4.69, 9.17) is 4.74 Å². The molecule has 0 bridgehead atoms. The molecule has 3 nitrogen and oxygen atoms in total. The van der Waals surface area contributed by atoms with Crippen LogP contribution in [0.25, 0.3) is 0 Å². The molecule has 0 aliphatic heterocycles. The molecule has 0 radical (unpaired) electrons. The third kappa shape index (κ3) is 2.47. The standard InChI is InChI=1S/C11H17NO2/c1-8(12-2)11(13)9-4-6-10(14-3)7-5-9/h4-8,11-13H,1-3H3/t8-,11-/m1/s1. The van der Waals surface area contributed by atoms with Gasteiger partial charge in [0.15, 0.2) is 0 Å². The Bertz CT molecular complexity index is 271. The quantitative estimate of drug-likeness (QED) is 0.761. The number of aliphatic hydroxyl groups is 1. The highest BCUT2D eigenvalue weighted by molar-refractivity contribution is 5.28. The number of likely N-dealkylation sites (N-methyl/N-ethyl adjacent to an activating group) is 1. The van der Waals surface area contributed by atoms with Gasteiger partial charge in [-0.1, -0.05) is 12.1 Å². The molecule has 1 rings (SSSR count). The van der Waals surface area contributed by atoms with E-state index in [1.807, 2.05) is 38.2 Å². The summed E-state index contributed by atoms with van der Waals surface area (Å²) in [5, 5.41) is 12.9. The van der Waals surface area contributed by atoms with Gasteiger partial charge in [0.25, 0.3) is 0 Å². The molecule has 1 aromatic rings. The number of hydrogen-bond donors (Lipinski definition) is 2. The number of aliphatic hydroxyl groups excluding tert-OH is 1. The van der Waals surface area contributed by atoms with Crippen LogP contribution in [0, 0.1) is 0 Å². The largest absolute Gasteiger partial charge is 0.497 e. The van der Waals surface area contributed by atoms with E-state index < -0.39 is 6.10 Å². The fourth-order valence-corrected chi connectivity index (χ4v) is 1.25. The lowest BCUT2D eigenvalue weighted by atomic mass is 10.0. The first-order chi connectivity index (χ1) is 6.69. The van der Waals surface area contributed by atoms with Crippen LogP contribution in [0.3, 0.4) is 0 Å². The van der Waals surface area contributed by atoms with Crippen LogP contribution in [0.5, 0.6) is 5.75 Å². The summed E-state index contributed by atoms with van der Waals surface area (Å²) < 4.78 is 5.04. The molecule has 0 saturated carbocycles. The Labute approximate surface area is 84.7 Å². The molecule has 0 aromatic heterocycles. The number of benzene rings is 1. The Balaban J connectivity index is 2.75. The minimum absolute atomic E-state index is 0.0448. The summed E-state index contributed by atoms with van der Waals surface area (Å²) in [7, 11) is 3.46. The second-order valence-corrected chi connectivity index (χ2v) is 3.30. The molecule has 0 aliphatic rings. The lowest BCUT2D eigenvalue weighted by Gasteiger charge is -2.18. The minimum Gasteiger partial charge on any atom is -0.497 e. The van der Waals surface area contributed by atoms with Gasteiger partial charge in [-0.25, -0.2) is 0 Å². The average Bonchev–Trinajstić information content (AvgIpc) is 2.27. The smallest absolute Gasteiger partial charge is 0.118 e. The van der Waals surface area contributed by atoms with Crippen LogP contribution >= 0.6 is 0 Å². The Morgan fingerprint density at radius 2 is 1.86 bits per heavy atom. The molecule has 14 heavy (non-hydrogen) atoms. The summed E-state index contributed by atoms with van der Waals surface area (Å²) in [6.45, 7) is 1.94. The first-order valence-electron chi connectivity index (χ1n) is 4.68. The van der Waals surface area contributed by atoms with Crippen LogP contribution in [0.15, 0.2) is 24.3 Å². The van der Waals surface area contributed by atoms with Crippen molar-refractivity contribution in [3.8, 4) is 5.75 Å². The van der Waals surface area contributed by atoms with E-state index in [2.05, 4.69) is 5.32 Å². The van der Waals surface area contributed by atoms with E-state index >= 15 is 0 Å². The fourth-order valence-electron chi connectivity index (χ4n) is 1.25. The summed E-state index contributed by atoms with van der Waals surface area (Å²) in [5.41, 5.74) is 0.896. The van der Waals surface area contributed by atoms with Gasteiger partial charge in [-0.3, -0.25) is 0 Å². The van der Waals surface area contributed by atoms with Gasteiger partial charge in [0.2, 0.25) is 0 Å². The normalized spacial score (nSPS) is 14.9. The molecular formula is C11H17NO2. The van der Waals surface area contributed by atoms with E-state index in [1.54, 1.807) is 7.11 Å².